The fourth-order valence-electron chi connectivity index (χ4n) is 1.40. The molecule has 0 saturated carbocycles. The van der Waals surface area contributed by atoms with Crippen LogP contribution in [0.4, 0.5) is 11.9 Å². The van der Waals surface area contributed by atoms with Crippen molar-refractivity contribution in [2.75, 3.05) is 24.3 Å². The topological polar surface area (TPSA) is 83.0 Å². The van der Waals surface area contributed by atoms with E-state index in [9.17, 15) is 0 Å². The van der Waals surface area contributed by atoms with Crippen LogP contribution in [-0.4, -0.2) is 39.8 Å². The van der Waals surface area contributed by atoms with Gasteiger partial charge in [0, 0.05) is 19.7 Å². The van der Waals surface area contributed by atoms with Gasteiger partial charge < -0.3 is 15.7 Å². The van der Waals surface area contributed by atoms with E-state index in [1.807, 2.05) is 0 Å². The Labute approximate surface area is 106 Å². The minimum absolute atomic E-state index is 0.100. The normalized spacial score (nSPS) is 12.6. The summed E-state index contributed by atoms with van der Waals surface area (Å²) in [6.45, 7) is 4.25. The first-order valence-electron chi connectivity index (χ1n) is 5.53. The number of halogens is 1. The molecule has 0 amide bonds. The average molecular weight is 260 g/mol. The molecule has 0 spiro atoms. The molecule has 1 aromatic rings. The number of aliphatic hydroxyl groups excluding tert-OH is 1. The molecule has 0 fully saturated rings. The molecule has 3 N–H and O–H groups in total. The maximum atomic E-state index is 8.99. The predicted octanol–water partition coefficient (Wildman–Crippen LogP) is 1.39. The van der Waals surface area contributed by atoms with E-state index in [2.05, 4.69) is 39.4 Å². The lowest BCUT2D eigenvalue weighted by atomic mass is 10.0. The monoisotopic (exact) mass is 259 g/mol. The number of hydrogen-bond acceptors (Lipinski definition) is 6. The Morgan fingerprint density at radius 2 is 1.88 bits per heavy atom. The molecule has 1 atom stereocenters. The van der Waals surface area contributed by atoms with Crippen molar-refractivity contribution in [2.45, 2.75) is 26.3 Å². The largest absolute Gasteiger partial charge is 0.396 e. The molecule has 0 aliphatic heterocycles. The van der Waals surface area contributed by atoms with Crippen molar-refractivity contribution in [1.29, 1.82) is 0 Å². The standard InChI is InChI=1S/C10H18ClN5O/c1-6(2)7(4-5-17)13-10-15-8(11)14-9(12-3)16-10/h6-7,17H,4-5H2,1-3H3,(H2,12,13,14,15,16). The first-order chi connectivity index (χ1) is 8.06. The van der Waals surface area contributed by atoms with E-state index >= 15 is 0 Å². The van der Waals surface area contributed by atoms with E-state index in [0.29, 0.717) is 24.2 Å². The lowest BCUT2D eigenvalue weighted by Gasteiger charge is -2.21. The van der Waals surface area contributed by atoms with Gasteiger partial charge in [-0.3, -0.25) is 0 Å². The zero-order valence-corrected chi connectivity index (χ0v) is 11.0. The van der Waals surface area contributed by atoms with Crippen molar-refractivity contribution in [3.8, 4) is 0 Å². The van der Waals surface area contributed by atoms with E-state index in [1.54, 1.807) is 7.05 Å². The first kappa shape index (κ1) is 13.9. The Kier molecular flexibility index (Phi) is 5.37. The van der Waals surface area contributed by atoms with Crippen LogP contribution in [0.2, 0.25) is 5.28 Å². The Bertz CT molecular complexity index is 361. The highest BCUT2D eigenvalue weighted by Crippen LogP contribution is 2.14. The van der Waals surface area contributed by atoms with E-state index in [0.717, 1.165) is 0 Å². The number of aromatic nitrogens is 3. The van der Waals surface area contributed by atoms with Crippen LogP contribution < -0.4 is 10.6 Å². The fourth-order valence-corrected chi connectivity index (χ4v) is 1.56. The van der Waals surface area contributed by atoms with Crippen LogP contribution in [0.3, 0.4) is 0 Å². The van der Waals surface area contributed by atoms with Gasteiger partial charge in [-0.2, -0.15) is 15.0 Å². The summed E-state index contributed by atoms with van der Waals surface area (Å²) in [4.78, 5) is 12.0. The molecule has 0 aliphatic carbocycles. The second kappa shape index (κ2) is 6.56. The van der Waals surface area contributed by atoms with Crippen LogP contribution in [0.1, 0.15) is 20.3 Å². The third-order valence-corrected chi connectivity index (χ3v) is 2.56. The van der Waals surface area contributed by atoms with Crippen molar-refractivity contribution in [2.24, 2.45) is 5.92 Å². The molecular weight excluding hydrogens is 242 g/mol. The van der Waals surface area contributed by atoms with Crippen molar-refractivity contribution in [3.63, 3.8) is 0 Å². The minimum Gasteiger partial charge on any atom is -0.396 e. The molecule has 6 nitrogen and oxygen atoms in total. The molecule has 1 rings (SSSR count). The molecule has 1 heterocycles. The summed E-state index contributed by atoms with van der Waals surface area (Å²) in [5.74, 6) is 1.19. The van der Waals surface area contributed by atoms with E-state index in [4.69, 9.17) is 16.7 Å². The van der Waals surface area contributed by atoms with Crippen molar-refractivity contribution < 1.29 is 5.11 Å². The van der Waals surface area contributed by atoms with Crippen LogP contribution in [0.25, 0.3) is 0 Å². The van der Waals surface area contributed by atoms with Gasteiger partial charge in [-0.1, -0.05) is 13.8 Å². The van der Waals surface area contributed by atoms with Crippen molar-refractivity contribution >= 4 is 23.5 Å². The third-order valence-electron chi connectivity index (χ3n) is 2.39. The molecule has 7 heteroatoms. The van der Waals surface area contributed by atoms with Gasteiger partial charge in [0.2, 0.25) is 17.2 Å². The smallest absolute Gasteiger partial charge is 0.229 e. The van der Waals surface area contributed by atoms with Gasteiger partial charge in [0.25, 0.3) is 0 Å². The SMILES string of the molecule is CNc1nc(Cl)nc(NC(CCO)C(C)C)n1. The summed E-state index contributed by atoms with van der Waals surface area (Å²) in [5.41, 5.74) is 0. The summed E-state index contributed by atoms with van der Waals surface area (Å²) in [7, 11) is 1.71. The number of hydrogen-bond donors (Lipinski definition) is 3. The highest BCUT2D eigenvalue weighted by atomic mass is 35.5. The lowest BCUT2D eigenvalue weighted by molar-refractivity contribution is 0.267. The summed E-state index contributed by atoms with van der Waals surface area (Å²) < 4.78 is 0. The lowest BCUT2D eigenvalue weighted by Crippen LogP contribution is -2.28. The molecule has 0 aromatic carbocycles. The molecule has 0 aliphatic rings. The number of nitrogens with zero attached hydrogens (tertiary/aromatic N) is 3. The maximum Gasteiger partial charge on any atom is 0.229 e. The third kappa shape index (κ3) is 4.32. The number of anilines is 2. The van der Waals surface area contributed by atoms with Crippen LogP contribution in [0.5, 0.6) is 0 Å². The first-order valence-corrected chi connectivity index (χ1v) is 5.91. The number of aliphatic hydroxyl groups is 1. The molecule has 96 valence electrons. The zero-order valence-electron chi connectivity index (χ0n) is 10.2. The van der Waals surface area contributed by atoms with Gasteiger partial charge in [-0.15, -0.1) is 0 Å². The van der Waals surface area contributed by atoms with Crippen molar-refractivity contribution in [1.82, 2.24) is 15.0 Å². The van der Waals surface area contributed by atoms with Crippen LogP contribution >= 0.6 is 11.6 Å². The van der Waals surface area contributed by atoms with Gasteiger partial charge in [-0.05, 0) is 23.9 Å². The van der Waals surface area contributed by atoms with Gasteiger partial charge in [-0.25, -0.2) is 0 Å². The predicted molar refractivity (Wildman–Crippen MR) is 68.3 cm³/mol. The quantitative estimate of drug-likeness (QED) is 0.716. The minimum atomic E-state index is 0.100. The van der Waals surface area contributed by atoms with E-state index in [1.165, 1.54) is 0 Å². The van der Waals surface area contributed by atoms with Crippen molar-refractivity contribution in [3.05, 3.63) is 5.28 Å². The Morgan fingerprint density at radius 3 is 2.41 bits per heavy atom. The second-order valence-corrected chi connectivity index (χ2v) is 4.35. The van der Waals surface area contributed by atoms with Gasteiger partial charge >= 0.3 is 0 Å². The highest BCUT2D eigenvalue weighted by molar-refractivity contribution is 6.28. The van der Waals surface area contributed by atoms with Gasteiger partial charge in [0.05, 0.1) is 0 Å². The number of rotatable bonds is 6. The Morgan fingerprint density at radius 1 is 1.24 bits per heavy atom. The number of nitrogens with one attached hydrogen (secondary N) is 2. The molecule has 0 saturated heterocycles. The highest BCUT2D eigenvalue weighted by Gasteiger charge is 2.14. The summed E-state index contributed by atoms with van der Waals surface area (Å²) >= 11 is 5.78. The second-order valence-electron chi connectivity index (χ2n) is 4.01. The summed E-state index contributed by atoms with van der Waals surface area (Å²) in [6, 6.07) is 0.100. The van der Waals surface area contributed by atoms with Crippen LogP contribution in [-0.2, 0) is 0 Å². The van der Waals surface area contributed by atoms with E-state index < -0.39 is 0 Å². The molecule has 1 unspecified atom stereocenters. The van der Waals surface area contributed by atoms with Crippen LogP contribution in [0.15, 0.2) is 0 Å². The molecule has 17 heavy (non-hydrogen) atoms. The van der Waals surface area contributed by atoms with Crippen LogP contribution in [0, 0.1) is 5.92 Å². The summed E-state index contributed by atoms with van der Waals surface area (Å²) in [6.07, 6.45) is 0.635. The van der Waals surface area contributed by atoms with E-state index in [-0.39, 0.29) is 17.9 Å². The fraction of sp³-hybridized carbons (Fsp3) is 0.700. The summed E-state index contributed by atoms with van der Waals surface area (Å²) in [5, 5.41) is 15.1. The zero-order chi connectivity index (χ0) is 12.8. The molecular formula is C10H18ClN5O. The molecule has 0 radical (unpaired) electrons. The Balaban J connectivity index is 2.81. The van der Waals surface area contributed by atoms with Gasteiger partial charge in [0.1, 0.15) is 0 Å². The maximum absolute atomic E-state index is 8.99. The van der Waals surface area contributed by atoms with Gasteiger partial charge in [0.15, 0.2) is 0 Å². The average Bonchev–Trinajstić information content (AvgIpc) is 2.27. The molecule has 0 bridgehead atoms. The Hall–Kier alpha value is -1.14. The molecule has 1 aromatic heterocycles.